The molecule has 2 aromatic carbocycles. The van der Waals surface area contributed by atoms with Crippen molar-refractivity contribution in [3.63, 3.8) is 0 Å². The number of nitrogens with one attached hydrogen (secondary N) is 1. The van der Waals surface area contributed by atoms with Gasteiger partial charge < -0.3 is 4.74 Å². The Kier molecular flexibility index (Phi) is 5.32. The minimum Gasteiger partial charge on any atom is -0.463 e. The average molecular weight is 417 g/mol. The molecule has 3 rings (SSSR count). The van der Waals surface area contributed by atoms with Gasteiger partial charge in [-0.1, -0.05) is 54.0 Å². The zero-order chi connectivity index (χ0) is 18.8. The average Bonchev–Trinajstić information content (AvgIpc) is 2.93. The van der Waals surface area contributed by atoms with Crippen LogP contribution in [0.15, 0.2) is 46.9 Å². The van der Waals surface area contributed by atoms with Crippen LogP contribution in [0, 0.1) is 0 Å². The maximum Gasteiger partial charge on any atom is 0.354 e. The van der Waals surface area contributed by atoms with Gasteiger partial charge in [0.05, 0.1) is 6.61 Å². The van der Waals surface area contributed by atoms with E-state index in [4.69, 9.17) is 10.5 Å². The molecule has 3 N–H and O–H groups in total. The molecule has 5 nitrogen and oxygen atoms in total. The third-order valence-corrected chi connectivity index (χ3v) is 5.13. The van der Waals surface area contributed by atoms with Crippen molar-refractivity contribution in [3.8, 4) is 0 Å². The van der Waals surface area contributed by atoms with Crippen LogP contribution >= 0.6 is 15.9 Å². The van der Waals surface area contributed by atoms with Crippen LogP contribution in [-0.4, -0.2) is 17.6 Å². The fourth-order valence-electron chi connectivity index (χ4n) is 3.11. The summed E-state index contributed by atoms with van der Waals surface area (Å²) in [6, 6.07) is 13.1. The lowest BCUT2D eigenvalue weighted by Gasteiger charge is -2.18. The number of esters is 1. The lowest BCUT2D eigenvalue weighted by atomic mass is 9.98. The van der Waals surface area contributed by atoms with Crippen LogP contribution in [-0.2, 0) is 9.53 Å². The zero-order valence-corrected chi connectivity index (χ0v) is 16.7. The van der Waals surface area contributed by atoms with Gasteiger partial charge in [-0.15, -0.1) is 0 Å². The quantitative estimate of drug-likeness (QED) is 0.486. The Morgan fingerprint density at radius 2 is 2.00 bits per heavy atom. The molecule has 3 aromatic rings. The summed E-state index contributed by atoms with van der Waals surface area (Å²) in [5, 5.41) is 0. The van der Waals surface area contributed by atoms with E-state index in [-0.39, 0.29) is 5.97 Å². The minimum atomic E-state index is -0.679. The van der Waals surface area contributed by atoms with Gasteiger partial charge in [0, 0.05) is 10.0 Å². The molecule has 0 saturated heterocycles. The molecule has 0 aliphatic rings. The molecular formula is C20H23BrN3O2+. The van der Waals surface area contributed by atoms with Gasteiger partial charge in [-0.3, -0.25) is 5.73 Å². The fourth-order valence-corrected chi connectivity index (χ4v) is 3.73. The lowest BCUT2D eigenvalue weighted by Crippen LogP contribution is -2.47. The molecular weight excluding hydrogens is 394 g/mol. The van der Waals surface area contributed by atoms with Gasteiger partial charge in [-0.05, 0) is 36.6 Å². The lowest BCUT2D eigenvalue weighted by molar-refractivity contribution is -0.662. The number of imidazole rings is 1. The van der Waals surface area contributed by atoms with Crippen molar-refractivity contribution in [3.05, 3.63) is 58.1 Å². The van der Waals surface area contributed by atoms with Gasteiger partial charge in [0.25, 0.3) is 0 Å². The van der Waals surface area contributed by atoms with E-state index in [2.05, 4.69) is 40.8 Å². The molecule has 0 amide bonds. The number of rotatable bonds is 5. The highest BCUT2D eigenvalue weighted by Crippen LogP contribution is 2.30. The van der Waals surface area contributed by atoms with Crippen molar-refractivity contribution < 1.29 is 14.1 Å². The number of aromatic amines is 1. The number of halogens is 1. The summed E-state index contributed by atoms with van der Waals surface area (Å²) >= 11 is 3.64. The number of carbonyl (C=O) groups excluding carboxylic acids is 1. The van der Waals surface area contributed by atoms with Gasteiger partial charge in [-0.25, -0.2) is 14.3 Å². The molecule has 0 saturated carbocycles. The van der Waals surface area contributed by atoms with Crippen LogP contribution in [0.1, 0.15) is 43.9 Å². The second-order valence-corrected chi connectivity index (χ2v) is 7.34. The number of hydrogen-bond acceptors (Lipinski definition) is 3. The Labute approximate surface area is 161 Å². The second kappa shape index (κ2) is 7.50. The standard InChI is InChI=1S/C20H22BrN3O2/c1-4-26-19(25)18(14-10-9-13(12(2)3)11-15(14)21)24-17-8-6-5-7-16(17)23-20(24)22/h5-12,18H,4H2,1-3H3,(H2,22,23)/p+1. The number of aromatic nitrogens is 2. The Morgan fingerprint density at radius 3 is 2.65 bits per heavy atom. The van der Waals surface area contributed by atoms with Gasteiger partial charge >= 0.3 is 11.9 Å². The number of nitrogen functional groups attached to an aromatic ring is 1. The fraction of sp³-hybridized carbons (Fsp3) is 0.300. The first-order valence-electron chi connectivity index (χ1n) is 8.67. The van der Waals surface area contributed by atoms with Crippen LogP contribution < -0.4 is 10.3 Å². The van der Waals surface area contributed by atoms with Crippen molar-refractivity contribution >= 4 is 38.9 Å². The molecule has 0 fully saturated rings. The number of benzene rings is 2. The van der Waals surface area contributed by atoms with Crippen molar-refractivity contribution in [1.29, 1.82) is 0 Å². The number of carbonyl (C=O) groups is 1. The van der Waals surface area contributed by atoms with Gasteiger partial charge in [0.2, 0.25) is 6.04 Å². The largest absolute Gasteiger partial charge is 0.463 e. The van der Waals surface area contributed by atoms with Crippen LogP contribution in [0.4, 0.5) is 5.95 Å². The molecule has 1 unspecified atom stereocenters. The number of H-pyrrole nitrogens is 1. The van der Waals surface area contributed by atoms with E-state index < -0.39 is 6.04 Å². The topological polar surface area (TPSA) is 72.0 Å². The van der Waals surface area contributed by atoms with Crippen LogP contribution in [0.5, 0.6) is 0 Å². The van der Waals surface area contributed by atoms with E-state index in [1.807, 2.05) is 36.4 Å². The summed E-state index contributed by atoms with van der Waals surface area (Å²) in [6.07, 6.45) is 0. The number of nitrogens with two attached hydrogens (primary N) is 1. The summed E-state index contributed by atoms with van der Waals surface area (Å²) in [4.78, 5) is 16.0. The number of para-hydroxylation sites is 2. The Balaban J connectivity index is 2.21. The summed E-state index contributed by atoms with van der Waals surface area (Å²) in [5.74, 6) is 0.461. The minimum absolute atomic E-state index is 0.305. The molecule has 136 valence electrons. The number of ether oxygens (including phenoxy) is 1. The van der Waals surface area contributed by atoms with Gasteiger partial charge in [0.15, 0.2) is 0 Å². The van der Waals surface area contributed by atoms with E-state index in [1.54, 1.807) is 11.5 Å². The second-order valence-electron chi connectivity index (χ2n) is 6.49. The number of anilines is 1. The Bertz CT molecular complexity index is 949. The summed E-state index contributed by atoms with van der Waals surface area (Å²) in [7, 11) is 0. The number of fused-ring (bicyclic) bond motifs is 1. The van der Waals surface area contributed by atoms with Crippen molar-refractivity contribution in [2.75, 3.05) is 12.3 Å². The van der Waals surface area contributed by atoms with Crippen molar-refractivity contribution in [2.24, 2.45) is 0 Å². The zero-order valence-electron chi connectivity index (χ0n) is 15.1. The Hall–Kier alpha value is -2.34. The maximum atomic E-state index is 12.9. The van der Waals surface area contributed by atoms with Crippen molar-refractivity contribution in [1.82, 2.24) is 4.98 Å². The van der Waals surface area contributed by atoms with Crippen LogP contribution in [0.25, 0.3) is 11.0 Å². The predicted octanol–water partition coefficient (Wildman–Crippen LogP) is 4.08. The summed E-state index contributed by atoms with van der Waals surface area (Å²) in [5.41, 5.74) is 9.97. The Morgan fingerprint density at radius 1 is 1.27 bits per heavy atom. The third kappa shape index (κ3) is 3.33. The van der Waals surface area contributed by atoms with Crippen molar-refractivity contribution in [2.45, 2.75) is 32.7 Å². The van der Waals surface area contributed by atoms with Gasteiger partial charge in [0.1, 0.15) is 11.0 Å². The molecule has 26 heavy (non-hydrogen) atoms. The summed E-state index contributed by atoms with van der Waals surface area (Å²) in [6.45, 7) is 6.38. The highest BCUT2D eigenvalue weighted by Gasteiger charge is 2.33. The first-order valence-corrected chi connectivity index (χ1v) is 9.47. The summed E-state index contributed by atoms with van der Waals surface area (Å²) < 4.78 is 8.02. The molecule has 1 atom stereocenters. The highest BCUT2D eigenvalue weighted by molar-refractivity contribution is 9.10. The molecule has 0 aliphatic heterocycles. The molecule has 0 aliphatic carbocycles. The predicted molar refractivity (Wildman–Crippen MR) is 106 cm³/mol. The molecule has 0 bridgehead atoms. The highest BCUT2D eigenvalue weighted by atomic mass is 79.9. The SMILES string of the molecule is CCOC(=O)C(c1ccc(C(C)C)cc1Br)[n+]1c(N)[nH]c2ccccc21. The monoisotopic (exact) mass is 416 g/mol. The van der Waals surface area contributed by atoms with E-state index in [1.165, 1.54) is 5.56 Å². The molecule has 1 aromatic heterocycles. The van der Waals surface area contributed by atoms with Crippen LogP contribution in [0.2, 0.25) is 0 Å². The molecule has 0 spiro atoms. The van der Waals surface area contributed by atoms with E-state index in [0.717, 1.165) is 21.1 Å². The third-order valence-electron chi connectivity index (χ3n) is 4.44. The van der Waals surface area contributed by atoms with Crippen LogP contribution in [0.3, 0.4) is 0 Å². The number of hydrogen-bond donors (Lipinski definition) is 2. The van der Waals surface area contributed by atoms with E-state index in [9.17, 15) is 4.79 Å². The first-order chi connectivity index (χ1) is 12.4. The maximum absolute atomic E-state index is 12.9. The van der Waals surface area contributed by atoms with E-state index >= 15 is 0 Å². The molecule has 6 heteroatoms. The normalized spacial score (nSPS) is 12.5. The molecule has 0 radical (unpaired) electrons. The van der Waals surface area contributed by atoms with E-state index in [0.29, 0.717) is 18.5 Å². The van der Waals surface area contributed by atoms with Gasteiger partial charge in [-0.2, -0.15) is 0 Å². The first kappa shape index (κ1) is 18.5. The smallest absolute Gasteiger partial charge is 0.354 e. The number of nitrogens with zero attached hydrogens (tertiary/aromatic N) is 1. The molecule has 1 heterocycles.